The Morgan fingerprint density at radius 1 is 1.13 bits per heavy atom. The molecule has 1 spiro atoms. The average molecular weight is 415 g/mol. The van der Waals surface area contributed by atoms with Crippen LogP contribution in [0.3, 0.4) is 0 Å². The summed E-state index contributed by atoms with van der Waals surface area (Å²) in [7, 11) is 0. The van der Waals surface area contributed by atoms with E-state index >= 15 is 0 Å². The molecule has 6 rings (SSSR count). The molecule has 2 amide bonds. The number of carbonyl (C=O) groups excluding carboxylic acids is 2. The van der Waals surface area contributed by atoms with E-state index in [-0.39, 0.29) is 34.9 Å². The predicted molar refractivity (Wildman–Crippen MR) is 105 cm³/mol. The number of fused-ring (bicyclic) bond motifs is 6. The second-order valence-corrected chi connectivity index (χ2v) is 9.83. The molecule has 7 nitrogen and oxygen atoms in total. The van der Waals surface area contributed by atoms with Crippen LogP contribution in [0.15, 0.2) is 4.79 Å². The van der Waals surface area contributed by atoms with Gasteiger partial charge in [0.15, 0.2) is 5.75 Å². The molecule has 3 fully saturated rings. The number of aromatic hydroxyl groups is 1. The van der Waals surface area contributed by atoms with Gasteiger partial charge in [-0.2, -0.15) is 0 Å². The van der Waals surface area contributed by atoms with Crippen molar-refractivity contribution >= 4 is 11.8 Å². The van der Waals surface area contributed by atoms with Crippen molar-refractivity contribution in [3.8, 4) is 5.75 Å². The van der Waals surface area contributed by atoms with Crippen LogP contribution in [-0.2, 0) is 12.1 Å². The number of nitrogens with one attached hydrogen (secondary N) is 1. The number of alkyl halides is 1. The highest BCUT2D eigenvalue weighted by Gasteiger charge is 2.63. The number of pyridine rings is 1. The fourth-order valence-electron chi connectivity index (χ4n) is 6.59. The van der Waals surface area contributed by atoms with Crippen molar-refractivity contribution in [2.75, 3.05) is 13.1 Å². The molecule has 160 valence electrons. The van der Waals surface area contributed by atoms with E-state index in [9.17, 15) is 23.9 Å². The Morgan fingerprint density at radius 2 is 1.90 bits per heavy atom. The van der Waals surface area contributed by atoms with Crippen molar-refractivity contribution in [1.82, 2.24) is 14.8 Å². The van der Waals surface area contributed by atoms with E-state index in [2.05, 4.69) is 5.32 Å². The molecule has 30 heavy (non-hydrogen) atoms. The zero-order valence-electron chi connectivity index (χ0n) is 16.8. The molecule has 0 radical (unpaired) electrons. The van der Waals surface area contributed by atoms with Crippen molar-refractivity contribution in [1.29, 1.82) is 0 Å². The quantitative estimate of drug-likeness (QED) is 0.772. The molecule has 0 aromatic carbocycles. The van der Waals surface area contributed by atoms with Crippen molar-refractivity contribution in [2.45, 2.75) is 63.2 Å². The Bertz CT molecular complexity index is 1030. The van der Waals surface area contributed by atoms with Gasteiger partial charge in [0.25, 0.3) is 17.4 Å². The second-order valence-electron chi connectivity index (χ2n) is 9.83. The molecule has 3 heterocycles. The number of hydrogen-bond donors (Lipinski definition) is 2. The van der Waals surface area contributed by atoms with Crippen molar-refractivity contribution in [3.63, 3.8) is 0 Å². The zero-order valence-corrected chi connectivity index (χ0v) is 16.8. The molecule has 8 heteroatoms. The van der Waals surface area contributed by atoms with Gasteiger partial charge in [-0.15, -0.1) is 0 Å². The maximum absolute atomic E-state index is 13.4. The Kier molecular flexibility index (Phi) is 3.73. The lowest BCUT2D eigenvalue weighted by Gasteiger charge is -2.35. The van der Waals surface area contributed by atoms with Crippen molar-refractivity contribution in [3.05, 3.63) is 27.2 Å². The third-order valence-electron chi connectivity index (χ3n) is 8.22. The van der Waals surface area contributed by atoms with E-state index in [4.69, 9.17) is 0 Å². The summed E-state index contributed by atoms with van der Waals surface area (Å²) in [5.74, 6) is -0.232. The average Bonchev–Trinajstić information content (AvgIpc) is 3.36. The van der Waals surface area contributed by atoms with Gasteiger partial charge in [-0.3, -0.25) is 19.0 Å². The highest BCUT2D eigenvalue weighted by molar-refractivity contribution is 6.05. The van der Waals surface area contributed by atoms with E-state index in [0.29, 0.717) is 50.3 Å². The molecule has 0 bridgehead atoms. The number of hydrogen-bond acceptors (Lipinski definition) is 4. The predicted octanol–water partition coefficient (Wildman–Crippen LogP) is 1.91. The summed E-state index contributed by atoms with van der Waals surface area (Å²) < 4.78 is 14.9. The largest absolute Gasteiger partial charge is 0.502 e. The zero-order chi connectivity index (χ0) is 20.8. The highest BCUT2D eigenvalue weighted by atomic mass is 19.1. The first-order valence-corrected chi connectivity index (χ1v) is 11.2. The van der Waals surface area contributed by atoms with E-state index in [0.717, 1.165) is 25.7 Å². The van der Waals surface area contributed by atoms with Crippen LogP contribution in [0, 0.1) is 17.8 Å². The van der Waals surface area contributed by atoms with Crippen LogP contribution in [-0.4, -0.2) is 45.6 Å². The maximum atomic E-state index is 13.4. The number of carbonyl (C=O) groups is 2. The summed E-state index contributed by atoms with van der Waals surface area (Å²) in [5, 5.41) is 13.8. The molecule has 3 unspecified atom stereocenters. The van der Waals surface area contributed by atoms with Gasteiger partial charge in [-0.1, -0.05) is 0 Å². The molecular formula is C22H26FN3O4. The molecule has 2 N–H and O–H groups in total. The number of nitrogens with zero attached hydrogens (tertiary/aromatic N) is 2. The smallest absolute Gasteiger partial charge is 0.296 e. The molecule has 1 aromatic heterocycles. The molecule has 3 aliphatic carbocycles. The topological polar surface area (TPSA) is 91.6 Å². The van der Waals surface area contributed by atoms with E-state index in [1.807, 2.05) is 0 Å². The van der Waals surface area contributed by atoms with Crippen LogP contribution < -0.4 is 10.9 Å². The summed E-state index contributed by atoms with van der Waals surface area (Å²) in [5.41, 5.74) is -0.603. The summed E-state index contributed by atoms with van der Waals surface area (Å²) in [6.45, 7) is 0.946. The molecule has 3 saturated carbocycles. The van der Waals surface area contributed by atoms with Gasteiger partial charge in [0.2, 0.25) is 0 Å². The normalized spacial score (nSPS) is 36.5. The van der Waals surface area contributed by atoms with Crippen LogP contribution in [0.4, 0.5) is 4.39 Å². The molecular weight excluding hydrogens is 389 g/mol. The van der Waals surface area contributed by atoms with E-state index < -0.39 is 23.1 Å². The van der Waals surface area contributed by atoms with Crippen LogP contribution in [0.25, 0.3) is 0 Å². The monoisotopic (exact) mass is 415 g/mol. The van der Waals surface area contributed by atoms with Gasteiger partial charge < -0.3 is 15.3 Å². The number of aromatic nitrogens is 1. The third kappa shape index (κ3) is 2.33. The highest BCUT2D eigenvalue weighted by Crippen LogP contribution is 2.61. The Labute approximate surface area is 173 Å². The molecule has 3 atom stereocenters. The molecule has 5 aliphatic rings. The van der Waals surface area contributed by atoms with Crippen LogP contribution in [0.5, 0.6) is 5.75 Å². The lowest BCUT2D eigenvalue weighted by atomic mass is 9.87. The number of amides is 2. The minimum atomic E-state index is -0.752. The van der Waals surface area contributed by atoms with Crippen LogP contribution in [0.1, 0.15) is 71.4 Å². The lowest BCUT2D eigenvalue weighted by Crippen LogP contribution is -2.48. The minimum Gasteiger partial charge on any atom is -0.502 e. The van der Waals surface area contributed by atoms with Crippen molar-refractivity contribution in [2.24, 2.45) is 17.8 Å². The summed E-state index contributed by atoms with van der Waals surface area (Å²) in [6.07, 6.45) is 4.84. The molecule has 2 aliphatic heterocycles. The fourth-order valence-corrected chi connectivity index (χ4v) is 6.59. The maximum Gasteiger partial charge on any atom is 0.296 e. The molecule has 0 saturated heterocycles. The first-order valence-electron chi connectivity index (χ1n) is 11.2. The van der Waals surface area contributed by atoms with E-state index in [1.54, 1.807) is 4.90 Å². The van der Waals surface area contributed by atoms with E-state index in [1.165, 1.54) is 4.57 Å². The third-order valence-corrected chi connectivity index (χ3v) is 8.22. The Balaban J connectivity index is 1.38. The summed E-state index contributed by atoms with van der Waals surface area (Å²) in [6, 6.07) is 0. The van der Waals surface area contributed by atoms with Gasteiger partial charge in [0, 0.05) is 24.6 Å². The van der Waals surface area contributed by atoms with Gasteiger partial charge in [0.1, 0.15) is 17.5 Å². The summed E-state index contributed by atoms with van der Waals surface area (Å²) >= 11 is 0. The lowest BCUT2D eigenvalue weighted by molar-refractivity contribution is 0.0676. The van der Waals surface area contributed by atoms with Gasteiger partial charge in [-0.25, -0.2) is 4.39 Å². The second kappa shape index (κ2) is 6.08. The summed E-state index contributed by atoms with van der Waals surface area (Å²) in [4.78, 5) is 41.0. The standard InChI is InChI=1S/C22H26FN3O4/c23-13-3-1-11(2-4-13)10-25-8-6-14-16(20(25)29)18(27)21(30)26-17(14)19(28)24-22(26)7-5-12-9-15(12)22/h11-13,15,27H,1-10H2,(H,24,28). The van der Waals surface area contributed by atoms with Gasteiger partial charge in [0.05, 0.1) is 5.56 Å². The molecule has 1 aromatic rings. The number of rotatable bonds is 2. The van der Waals surface area contributed by atoms with Gasteiger partial charge in [-0.05, 0) is 63.2 Å². The SMILES string of the molecule is O=C1NC2(CCC3CC32)n2c1c1c(c(O)c2=O)C(=O)N(CC2CCC(F)CC2)CC1. The fraction of sp³-hybridized carbons (Fsp3) is 0.682. The minimum absolute atomic E-state index is 0.00535. The van der Waals surface area contributed by atoms with Gasteiger partial charge >= 0.3 is 0 Å². The Morgan fingerprint density at radius 3 is 2.57 bits per heavy atom. The first-order chi connectivity index (χ1) is 14.4. The van der Waals surface area contributed by atoms with Crippen LogP contribution >= 0.6 is 0 Å². The Hall–Kier alpha value is -2.38. The van der Waals surface area contributed by atoms with Crippen LogP contribution in [0.2, 0.25) is 0 Å². The number of halogens is 1. The van der Waals surface area contributed by atoms with Crippen molar-refractivity contribution < 1.29 is 19.1 Å². The first kappa shape index (κ1) is 18.4.